The van der Waals surface area contributed by atoms with Gasteiger partial charge in [-0.2, -0.15) is 0 Å². The van der Waals surface area contributed by atoms with Crippen molar-refractivity contribution >= 4 is 0 Å². The number of nitrogens with two attached hydrogens (primary N) is 1. The van der Waals surface area contributed by atoms with Crippen LogP contribution in [0, 0.1) is 18.2 Å². The minimum absolute atomic E-state index is 0.176. The Kier molecular flexibility index (Phi) is 4.81. The van der Waals surface area contributed by atoms with Gasteiger partial charge in [0.05, 0.1) is 6.61 Å². The van der Waals surface area contributed by atoms with Crippen LogP contribution in [0.15, 0.2) is 18.2 Å². The van der Waals surface area contributed by atoms with E-state index in [-0.39, 0.29) is 17.6 Å². The van der Waals surface area contributed by atoms with Gasteiger partial charge < -0.3 is 10.5 Å². The Hall–Kier alpha value is -1.53. The van der Waals surface area contributed by atoms with Gasteiger partial charge in [0, 0.05) is 12.5 Å². The number of unbranched alkanes of at least 4 members (excludes halogenated alkanes) is 1. The van der Waals surface area contributed by atoms with Crippen molar-refractivity contribution in [1.29, 1.82) is 0 Å². The number of hydrogen-bond acceptors (Lipinski definition) is 2. The van der Waals surface area contributed by atoms with Crippen LogP contribution in [-0.2, 0) is 0 Å². The van der Waals surface area contributed by atoms with E-state index in [9.17, 15) is 4.39 Å². The average Bonchev–Trinajstić information content (AvgIpc) is 2.26. The summed E-state index contributed by atoms with van der Waals surface area (Å²) in [6, 6.07) is 4.60. The molecule has 1 rings (SSSR count). The van der Waals surface area contributed by atoms with Crippen molar-refractivity contribution in [3.05, 3.63) is 29.6 Å². The van der Waals surface area contributed by atoms with Gasteiger partial charge in [-0.25, -0.2) is 4.39 Å². The number of terminal acetylenes is 1. The highest BCUT2D eigenvalue weighted by Gasteiger charge is 2.06. The minimum atomic E-state index is -0.379. The summed E-state index contributed by atoms with van der Waals surface area (Å²) in [5, 5.41) is 0. The molecular weight excluding hydrogens is 205 g/mol. The zero-order valence-electron chi connectivity index (χ0n) is 9.37. The van der Waals surface area contributed by atoms with E-state index in [1.165, 1.54) is 6.07 Å². The SMILES string of the molecule is C#CCCCOc1ccc([C@@H](C)N)cc1F. The van der Waals surface area contributed by atoms with Crippen molar-refractivity contribution in [3.8, 4) is 18.1 Å². The Morgan fingerprint density at radius 1 is 1.56 bits per heavy atom. The lowest BCUT2D eigenvalue weighted by molar-refractivity contribution is 0.297. The Morgan fingerprint density at radius 2 is 2.31 bits per heavy atom. The first-order chi connectivity index (χ1) is 7.65. The van der Waals surface area contributed by atoms with Gasteiger partial charge in [0.1, 0.15) is 0 Å². The van der Waals surface area contributed by atoms with Crippen LogP contribution in [0.3, 0.4) is 0 Å². The fraction of sp³-hybridized carbons (Fsp3) is 0.385. The second-order valence-electron chi connectivity index (χ2n) is 3.63. The van der Waals surface area contributed by atoms with Gasteiger partial charge >= 0.3 is 0 Å². The Bertz CT molecular complexity index is 382. The molecule has 0 saturated heterocycles. The maximum Gasteiger partial charge on any atom is 0.165 e. The van der Waals surface area contributed by atoms with E-state index in [1.54, 1.807) is 12.1 Å². The number of hydrogen-bond donors (Lipinski definition) is 1. The summed E-state index contributed by atoms with van der Waals surface area (Å²) in [4.78, 5) is 0. The van der Waals surface area contributed by atoms with Crippen LogP contribution in [0.25, 0.3) is 0 Å². The second kappa shape index (κ2) is 6.14. The highest BCUT2D eigenvalue weighted by molar-refractivity contribution is 5.30. The van der Waals surface area contributed by atoms with Crippen LogP contribution in [0.5, 0.6) is 5.75 Å². The van der Waals surface area contributed by atoms with E-state index in [0.717, 1.165) is 12.0 Å². The maximum absolute atomic E-state index is 13.5. The molecular formula is C13H16FNO. The molecule has 0 bridgehead atoms. The van der Waals surface area contributed by atoms with E-state index in [0.29, 0.717) is 13.0 Å². The summed E-state index contributed by atoms with van der Waals surface area (Å²) in [7, 11) is 0. The molecule has 0 amide bonds. The van der Waals surface area contributed by atoms with Crippen LogP contribution in [0.2, 0.25) is 0 Å². The molecule has 0 heterocycles. The normalized spacial score (nSPS) is 11.9. The standard InChI is InChI=1S/C13H16FNO/c1-3-4-5-8-16-13-7-6-11(10(2)15)9-12(13)14/h1,6-7,9-10H,4-5,8,15H2,2H3/t10-/m1/s1. The van der Waals surface area contributed by atoms with E-state index < -0.39 is 0 Å². The molecule has 86 valence electrons. The summed E-state index contributed by atoms with van der Waals surface area (Å²) in [5.41, 5.74) is 6.40. The largest absolute Gasteiger partial charge is 0.490 e. The van der Waals surface area contributed by atoms with Crippen molar-refractivity contribution in [1.82, 2.24) is 0 Å². The molecule has 0 unspecified atom stereocenters. The minimum Gasteiger partial charge on any atom is -0.490 e. The predicted molar refractivity (Wildman–Crippen MR) is 62.6 cm³/mol. The Morgan fingerprint density at radius 3 is 2.88 bits per heavy atom. The molecule has 0 spiro atoms. The molecule has 0 saturated carbocycles. The first-order valence-electron chi connectivity index (χ1n) is 5.26. The number of rotatable bonds is 5. The first-order valence-corrected chi connectivity index (χ1v) is 5.26. The fourth-order valence-electron chi connectivity index (χ4n) is 1.27. The van der Waals surface area contributed by atoms with Gasteiger partial charge in [-0.1, -0.05) is 6.07 Å². The summed E-state index contributed by atoms with van der Waals surface area (Å²) in [5.74, 6) is 2.37. The molecule has 0 aliphatic rings. The predicted octanol–water partition coefficient (Wildman–Crippen LogP) is 2.64. The molecule has 3 heteroatoms. The highest BCUT2D eigenvalue weighted by atomic mass is 19.1. The molecule has 0 aliphatic carbocycles. The molecule has 0 aliphatic heterocycles. The number of benzene rings is 1. The molecule has 2 nitrogen and oxygen atoms in total. The van der Waals surface area contributed by atoms with Crippen molar-refractivity contribution in [2.45, 2.75) is 25.8 Å². The lowest BCUT2D eigenvalue weighted by Gasteiger charge is -2.09. The second-order valence-corrected chi connectivity index (χ2v) is 3.63. The quantitative estimate of drug-likeness (QED) is 0.612. The smallest absolute Gasteiger partial charge is 0.165 e. The highest BCUT2D eigenvalue weighted by Crippen LogP contribution is 2.21. The van der Waals surface area contributed by atoms with Gasteiger partial charge in [-0.15, -0.1) is 12.3 Å². The van der Waals surface area contributed by atoms with Crippen molar-refractivity contribution in [2.24, 2.45) is 5.73 Å². The van der Waals surface area contributed by atoms with Crippen LogP contribution in [0.1, 0.15) is 31.4 Å². The Balaban J connectivity index is 2.58. The van der Waals surface area contributed by atoms with Gasteiger partial charge in [-0.05, 0) is 31.0 Å². The average molecular weight is 221 g/mol. The van der Waals surface area contributed by atoms with Gasteiger partial charge in [0.25, 0.3) is 0 Å². The van der Waals surface area contributed by atoms with Gasteiger partial charge in [0.2, 0.25) is 0 Å². The summed E-state index contributed by atoms with van der Waals surface area (Å²) < 4.78 is 18.8. The molecule has 2 N–H and O–H groups in total. The van der Waals surface area contributed by atoms with Crippen LogP contribution >= 0.6 is 0 Å². The molecule has 16 heavy (non-hydrogen) atoms. The third-order valence-electron chi connectivity index (χ3n) is 2.20. The molecule has 1 aromatic carbocycles. The van der Waals surface area contributed by atoms with Crippen molar-refractivity contribution < 1.29 is 9.13 Å². The van der Waals surface area contributed by atoms with Crippen molar-refractivity contribution in [3.63, 3.8) is 0 Å². The lowest BCUT2D eigenvalue weighted by Crippen LogP contribution is -2.06. The van der Waals surface area contributed by atoms with Crippen LogP contribution in [0.4, 0.5) is 4.39 Å². The topological polar surface area (TPSA) is 35.2 Å². The summed E-state index contributed by atoms with van der Waals surface area (Å²) >= 11 is 0. The molecule has 0 radical (unpaired) electrons. The van der Waals surface area contributed by atoms with E-state index in [4.69, 9.17) is 16.9 Å². The monoisotopic (exact) mass is 221 g/mol. The number of halogens is 1. The molecule has 1 atom stereocenters. The van der Waals surface area contributed by atoms with E-state index in [1.807, 2.05) is 6.92 Å². The van der Waals surface area contributed by atoms with E-state index in [2.05, 4.69) is 5.92 Å². The summed E-state index contributed by atoms with van der Waals surface area (Å²) in [6.45, 7) is 2.24. The lowest BCUT2D eigenvalue weighted by atomic mass is 10.1. The van der Waals surface area contributed by atoms with Gasteiger partial charge in [0.15, 0.2) is 11.6 Å². The maximum atomic E-state index is 13.5. The third kappa shape index (κ3) is 3.56. The number of ether oxygens (including phenoxy) is 1. The van der Waals surface area contributed by atoms with Gasteiger partial charge in [-0.3, -0.25) is 0 Å². The third-order valence-corrected chi connectivity index (χ3v) is 2.20. The molecule has 0 aromatic heterocycles. The summed E-state index contributed by atoms with van der Waals surface area (Å²) in [6.07, 6.45) is 6.46. The molecule has 0 fully saturated rings. The first kappa shape index (κ1) is 12.5. The fourth-order valence-corrected chi connectivity index (χ4v) is 1.27. The van der Waals surface area contributed by atoms with Crippen LogP contribution < -0.4 is 10.5 Å². The van der Waals surface area contributed by atoms with Crippen LogP contribution in [-0.4, -0.2) is 6.61 Å². The molecule has 1 aromatic rings. The van der Waals surface area contributed by atoms with E-state index >= 15 is 0 Å². The Labute approximate surface area is 95.6 Å². The van der Waals surface area contributed by atoms with Crippen molar-refractivity contribution in [2.75, 3.05) is 6.61 Å². The zero-order valence-corrected chi connectivity index (χ0v) is 9.37. The zero-order chi connectivity index (χ0) is 12.0.